The highest BCUT2D eigenvalue weighted by Crippen LogP contribution is 2.34. The van der Waals surface area contributed by atoms with Crippen LogP contribution in [0.2, 0.25) is 0 Å². The first-order chi connectivity index (χ1) is 9.40. The molecule has 0 saturated carbocycles. The predicted octanol–water partition coefficient (Wildman–Crippen LogP) is 2.63. The third-order valence-corrected chi connectivity index (χ3v) is 3.74. The number of anilines is 1. The lowest BCUT2D eigenvalue weighted by Gasteiger charge is -2.05. The summed E-state index contributed by atoms with van der Waals surface area (Å²) in [6.45, 7) is 0.793. The molecule has 5 heteroatoms. The molecule has 1 aromatic carbocycles. The third-order valence-electron chi connectivity index (χ3n) is 3.74. The summed E-state index contributed by atoms with van der Waals surface area (Å²) in [6, 6.07) is 8.36. The van der Waals surface area contributed by atoms with E-state index in [-0.39, 0.29) is 12.1 Å². The van der Waals surface area contributed by atoms with Gasteiger partial charge in [-0.05, 0) is 24.5 Å². The van der Waals surface area contributed by atoms with Crippen molar-refractivity contribution in [2.45, 2.75) is 31.4 Å². The number of aromatic nitrogens is 2. The van der Waals surface area contributed by atoms with Crippen molar-refractivity contribution < 1.29 is 9.26 Å². The van der Waals surface area contributed by atoms with Gasteiger partial charge in [0.15, 0.2) is 0 Å². The summed E-state index contributed by atoms with van der Waals surface area (Å²) < 4.78 is 11.0. The minimum Gasteiger partial charge on any atom is -0.373 e. The number of hydrogen-bond acceptors (Lipinski definition) is 5. The van der Waals surface area contributed by atoms with E-state index in [1.807, 2.05) is 6.07 Å². The molecule has 2 aliphatic rings. The Kier molecular flexibility index (Phi) is 2.51. The van der Waals surface area contributed by atoms with Gasteiger partial charge in [0.2, 0.25) is 11.7 Å². The van der Waals surface area contributed by atoms with E-state index < -0.39 is 0 Å². The fraction of sp³-hybridized carbons (Fsp3) is 0.429. The molecule has 4 rings (SSSR count). The van der Waals surface area contributed by atoms with E-state index in [2.05, 4.69) is 33.7 Å². The molecule has 0 amide bonds. The zero-order chi connectivity index (χ0) is 12.7. The topological polar surface area (TPSA) is 60.2 Å². The van der Waals surface area contributed by atoms with Crippen LogP contribution in [0.15, 0.2) is 28.8 Å². The molecule has 1 aromatic heterocycles. The van der Waals surface area contributed by atoms with E-state index in [0.717, 1.165) is 31.6 Å². The van der Waals surface area contributed by atoms with Crippen LogP contribution in [-0.2, 0) is 11.2 Å². The zero-order valence-corrected chi connectivity index (χ0v) is 10.5. The molecular formula is C14H15N3O2. The van der Waals surface area contributed by atoms with Gasteiger partial charge in [-0.25, -0.2) is 0 Å². The van der Waals surface area contributed by atoms with Crippen LogP contribution in [0, 0.1) is 0 Å². The highest BCUT2D eigenvalue weighted by atomic mass is 16.5. The van der Waals surface area contributed by atoms with Crippen LogP contribution in [0.4, 0.5) is 5.69 Å². The monoisotopic (exact) mass is 257 g/mol. The molecule has 0 aliphatic carbocycles. The average Bonchev–Trinajstić information content (AvgIpc) is 3.17. The Morgan fingerprint density at radius 2 is 2.21 bits per heavy atom. The zero-order valence-electron chi connectivity index (χ0n) is 10.5. The number of para-hydroxylation sites is 1. The molecule has 0 radical (unpaired) electrons. The van der Waals surface area contributed by atoms with Crippen LogP contribution >= 0.6 is 0 Å². The van der Waals surface area contributed by atoms with Crippen LogP contribution in [0.25, 0.3) is 0 Å². The van der Waals surface area contributed by atoms with Gasteiger partial charge in [-0.1, -0.05) is 23.4 Å². The number of nitrogens with one attached hydrogen (secondary N) is 1. The van der Waals surface area contributed by atoms with Crippen LogP contribution in [0.5, 0.6) is 0 Å². The van der Waals surface area contributed by atoms with Gasteiger partial charge < -0.3 is 14.6 Å². The third kappa shape index (κ3) is 1.90. The Labute approximate surface area is 111 Å². The van der Waals surface area contributed by atoms with Gasteiger partial charge in [0.05, 0.1) is 0 Å². The number of nitrogens with zero attached hydrogens (tertiary/aromatic N) is 2. The molecule has 98 valence electrons. The normalized spacial score (nSPS) is 25.3. The summed E-state index contributed by atoms with van der Waals surface area (Å²) in [5.41, 5.74) is 2.45. The van der Waals surface area contributed by atoms with Crippen LogP contribution < -0.4 is 5.32 Å². The number of ether oxygens (including phenoxy) is 1. The predicted molar refractivity (Wildman–Crippen MR) is 68.7 cm³/mol. The second kappa shape index (κ2) is 4.35. The van der Waals surface area contributed by atoms with E-state index >= 15 is 0 Å². The van der Waals surface area contributed by atoms with Crippen LogP contribution in [0.3, 0.4) is 0 Å². The first-order valence-corrected chi connectivity index (χ1v) is 6.70. The second-order valence-corrected chi connectivity index (χ2v) is 5.05. The molecule has 1 unspecified atom stereocenters. The average molecular weight is 257 g/mol. The van der Waals surface area contributed by atoms with Gasteiger partial charge in [-0.15, -0.1) is 0 Å². The number of rotatable bonds is 2. The molecule has 0 spiro atoms. The maximum absolute atomic E-state index is 5.57. The minimum atomic E-state index is 0.0151. The largest absolute Gasteiger partial charge is 0.373 e. The maximum Gasteiger partial charge on any atom is 0.249 e. The first-order valence-electron chi connectivity index (χ1n) is 6.70. The number of hydrogen-bond donors (Lipinski definition) is 1. The maximum atomic E-state index is 5.57. The molecule has 0 bridgehead atoms. The Balaban J connectivity index is 1.55. The highest BCUT2D eigenvalue weighted by molar-refractivity contribution is 5.56. The summed E-state index contributed by atoms with van der Waals surface area (Å²) in [6.07, 6.45) is 2.96. The molecule has 2 aliphatic heterocycles. The summed E-state index contributed by atoms with van der Waals surface area (Å²) in [5.74, 6) is 1.34. The molecule has 1 N–H and O–H groups in total. The highest BCUT2D eigenvalue weighted by Gasteiger charge is 2.29. The fourth-order valence-electron chi connectivity index (χ4n) is 2.75. The summed E-state index contributed by atoms with van der Waals surface area (Å²) >= 11 is 0. The molecule has 19 heavy (non-hydrogen) atoms. The number of benzene rings is 1. The van der Waals surface area contributed by atoms with Crippen molar-refractivity contribution >= 4 is 5.69 Å². The SMILES string of the molecule is c1ccc2c(c1)C[C@@H](c1nc(C3CCCO3)no1)N2. The van der Waals surface area contributed by atoms with Gasteiger partial charge >= 0.3 is 0 Å². The molecular weight excluding hydrogens is 242 g/mol. The quantitative estimate of drug-likeness (QED) is 0.896. The van der Waals surface area contributed by atoms with Crippen molar-refractivity contribution in [1.29, 1.82) is 0 Å². The second-order valence-electron chi connectivity index (χ2n) is 5.05. The summed E-state index contributed by atoms with van der Waals surface area (Å²) in [4.78, 5) is 4.49. The fourth-order valence-corrected chi connectivity index (χ4v) is 2.75. The smallest absolute Gasteiger partial charge is 0.249 e. The number of fused-ring (bicyclic) bond motifs is 1. The van der Waals surface area contributed by atoms with E-state index in [1.54, 1.807) is 0 Å². The lowest BCUT2D eigenvalue weighted by molar-refractivity contribution is 0.103. The van der Waals surface area contributed by atoms with Gasteiger partial charge in [-0.2, -0.15) is 4.98 Å². The van der Waals surface area contributed by atoms with E-state index in [0.29, 0.717) is 11.7 Å². The Bertz CT molecular complexity index is 565. The van der Waals surface area contributed by atoms with Gasteiger partial charge in [0, 0.05) is 18.7 Å². The summed E-state index contributed by atoms with van der Waals surface area (Å²) in [7, 11) is 0. The Hall–Kier alpha value is -1.88. The van der Waals surface area contributed by atoms with E-state index in [4.69, 9.17) is 9.26 Å². The minimum absolute atomic E-state index is 0.0151. The van der Waals surface area contributed by atoms with Crippen LogP contribution in [0.1, 0.15) is 42.3 Å². The van der Waals surface area contributed by atoms with Gasteiger partial charge in [-0.3, -0.25) is 0 Å². The van der Waals surface area contributed by atoms with Crippen molar-refractivity contribution in [2.24, 2.45) is 0 Å². The molecule has 3 heterocycles. The van der Waals surface area contributed by atoms with Crippen molar-refractivity contribution in [3.05, 3.63) is 41.5 Å². The van der Waals surface area contributed by atoms with E-state index in [9.17, 15) is 0 Å². The molecule has 1 fully saturated rings. The molecule has 2 atom stereocenters. The van der Waals surface area contributed by atoms with Crippen LogP contribution in [-0.4, -0.2) is 16.7 Å². The van der Waals surface area contributed by atoms with Crippen molar-refractivity contribution in [2.75, 3.05) is 11.9 Å². The Morgan fingerprint density at radius 3 is 3.05 bits per heavy atom. The van der Waals surface area contributed by atoms with E-state index in [1.165, 1.54) is 5.56 Å². The molecule has 2 aromatic rings. The summed E-state index contributed by atoms with van der Waals surface area (Å²) in [5, 5.41) is 7.47. The molecule has 5 nitrogen and oxygen atoms in total. The van der Waals surface area contributed by atoms with Crippen molar-refractivity contribution in [3.63, 3.8) is 0 Å². The Morgan fingerprint density at radius 1 is 1.26 bits per heavy atom. The molecule has 1 saturated heterocycles. The lowest BCUT2D eigenvalue weighted by Crippen LogP contribution is -2.06. The van der Waals surface area contributed by atoms with Crippen molar-refractivity contribution in [1.82, 2.24) is 10.1 Å². The van der Waals surface area contributed by atoms with Gasteiger partial charge in [0.1, 0.15) is 12.1 Å². The first kappa shape index (κ1) is 11.0. The standard InChI is InChI=1S/C14H15N3O2/c1-2-5-10-9(4-1)8-11(15-10)14-16-13(17-19-14)12-6-3-7-18-12/h1-2,4-5,11-12,15H,3,6-8H2/t11-,12?/m0/s1. The lowest BCUT2D eigenvalue weighted by atomic mass is 10.1. The van der Waals surface area contributed by atoms with Gasteiger partial charge in [0.25, 0.3) is 0 Å². The van der Waals surface area contributed by atoms with Crippen molar-refractivity contribution in [3.8, 4) is 0 Å².